The van der Waals surface area contributed by atoms with Gasteiger partial charge in [0.1, 0.15) is 5.69 Å². The molecular weight excluding hydrogens is 282 g/mol. The third kappa shape index (κ3) is 4.66. The summed E-state index contributed by atoms with van der Waals surface area (Å²) < 4.78 is 0. The van der Waals surface area contributed by atoms with Crippen molar-refractivity contribution >= 4 is 5.91 Å². The van der Waals surface area contributed by atoms with E-state index in [2.05, 4.69) is 29.1 Å². The quantitative estimate of drug-likeness (QED) is 0.763. The van der Waals surface area contributed by atoms with E-state index in [9.17, 15) is 14.7 Å². The molecule has 1 heterocycles. The zero-order chi connectivity index (χ0) is 16.1. The molecule has 1 amide bonds. The van der Waals surface area contributed by atoms with Crippen molar-refractivity contribution < 1.29 is 9.90 Å². The smallest absolute Gasteiger partial charge is 0.345 e. The molecule has 0 radical (unpaired) electrons. The van der Waals surface area contributed by atoms with Crippen molar-refractivity contribution in [2.24, 2.45) is 11.8 Å². The largest absolute Gasteiger partial charge is 0.396 e. The molecule has 0 aliphatic heterocycles. The van der Waals surface area contributed by atoms with E-state index in [0.29, 0.717) is 12.3 Å². The number of nitrogens with one attached hydrogen (secondary N) is 2. The van der Waals surface area contributed by atoms with Gasteiger partial charge in [-0.2, -0.15) is 4.98 Å². The number of aromatic nitrogens is 2. The van der Waals surface area contributed by atoms with E-state index in [4.69, 9.17) is 0 Å². The van der Waals surface area contributed by atoms with Gasteiger partial charge < -0.3 is 15.4 Å². The van der Waals surface area contributed by atoms with Gasteiger partial charge >= 0.3 is 5.69 Å². The van der Waals surface area contributed by atoms with Crippen LogP contribution in [-0.4, -0.2) is 33.6 Å². The fourth-order valence-electron chi connectivity index (χ4n) is 3.02. The number of aliphatic hydroxyl groups is 1. The average molecular weight is 307 g/mol. The number of carbonyl (C=O) groups excluding carboxylic acids is 1. The fourth-order valence-corrected chi connectivity index (χ4v) is 3.02. The lowest BCUT2D eigenvalue weighted by Crippen LogP contribution is -2.40. The van der Waals surface area contributed by atoms with Crippen molar-refractivity contribution in [2.75, 3.05) is 6.61 Å². The Hall–Kier alpha value is -1.69. The molecule has 0 bridgehead atoms. The summed E-state index contributed by atoms with van der Waals surface area (Å²) in [4.78, 5) is 30.4. The van der Waals surface area contributed by atoms with Crippen LogP contribution in [0.3, 0.4) is 0 Å². The predicted molar refractivity (Wildman–Crippen MR) is 83.7 cm³/mol. The summed E-state index contributed by atoms with van der Waals surface area (Å²) in [5.74, 6) is 0.333. The summed E-state index contributed by atoms with van der Waals surface area (Å²) in [6.45, 7) is 4.26. The third-order valence-electron chi connectivity index (χ3n) is 4.04. The van der Waals surface area contributed by atoms with Crippen LogP contribution in [0.25, 0.3) is 0 Å². The molecule has 1 aromatic heterocycles. The molecule has 6 heteroatoms. The van der Waals surface area contributed by atoms with E-state index in [1.165, 1.54) is 0 Å². The minimum absolute atomic E-state index is 0.0491. The van der Waals surface area contributed by atoms with Crippen LogP contribution < -0.4 is 11.0 Å². The second-order valence-corrected chi connectivity index (χ2v) is 6.58. The molecule has 1 fully saturated rings. The zero-order valence-corrected chi connectivity index (χ0v) is 13.3. The molecule has 2 rings (SSSR count). The van der Waals surface area contributed by atoms with E-state index in [1.807, 2.05) is 0 Å². The molecule has 3 N–H and O–H groups in total. The summed E-state index contributed by atoms with van der Waals surface area (Å²) in [7, 11) is 0. The van der Waals surface area contributed by atoms with Crippen LogP contribution in [0.1, 0.15) is 55.7 Å². The third-order valence-corrected chi connectivity index (χ3v) is 4.04. The molecule has 6 nitrogen and oxygen atoms in total. The Morgan fingerprint density at radius 2 is 2.27 bits per heavy atom. The number of aliphatic hydroxyl groups excluding tert-OH is 1. The van der Waals surface area contributed by atoms with Gasteiger partial charge in [0.05, 0.1) is 0 Å². The van der Waals surface area contributed by atoms with Crippen LogP contribution in [-0.2, 0) is 6.42 Å². The van der Waals surface area contributed by atoms with Gasteiger partial charge in [-0.15, -0.1) is 0 Å². The van der Waals surface area contributed by atoms with Gasteiger partial charge in [0.25, 0.3) is 5.91 Å². The number of rotatable bonds is 5. The van der Waals surface area contributed by atoms with E-state index < -0.39 is 5.69 Å². The SMILES string of the molecule is CC(C)Cc1cc(C(=O)N[C@@H]2CCC[C@@H](CO)C2)nc(=O)[nH]1. The molecular formula is C16H25N3O3. The lowest BCUT2D eigenvalue weighted by atomic mass is 9.86. The van der Waals surface area contributed by atoms with Gasteiger partial charge in [-0.3, -0.25) is 4.79 Å². The number of hydrogen-bond donors (Lipinski definition) is 3. The Kier molecular flexibility index (Phi) is 5.71. The van der Waals surface area contributed by atoms with Crippen molar-refractivity contribution in [3.05, 3.63) is 27.9 Å². The number of amides is 1. The molecule has 0 spiro atoms. The van der Waals surface area contributed by atoms with Crippen molar-refractivity contribution in [3.63, 3.8) is 0 Å². The van der Waals surface area contributed by atoms with Gasteiger partial charge in [-0.05, 0) is 43.6 Å². The van der Waals surface area contributed by atoms with Crippen LogP contribution in [0.15, 0.2) is 10.9 Å². The van der Waals surface area contributed by atoms with E-state index in [0.717, 1.165) is 31.4 Å². The molecule has 1 aliphatic rings. The Labute approximate surface area is 130 Å². The number of carbonyl (C=O) groups is 1. The standard InChI is InChI=1S/C16H25N3O3/c1-10(2)6-13-8-14(19-16(22)18-13)15(21)17-12-5-3-4-11(7-12)9-20/h8,10-12,20H,3-7,9H2,1-2H3,(H,17,21)(H,18,19,22)/t11-,12-/m1/s1. The summed E-state index contributed by atoms with van der Waals surface area (Å²) in [5, 5.41) is 12.2. The molecule has 0 unspecified atom stereocenters. The summed E-state index contributed by atoms with van der Waals surface area (Å²) in [6.07, 6.45) is 4.39. The topological polar surface area (TPSA) is 95.1 Å². The van der Waals surface area contributed by atoms with Crippen molar-refractivity contribution in [1.29, 1.82) is 0 Å². The number of aromatic amines is 1. The fraction of sp³-hybridized carbons (Fsp3) is 0.688. The highest BCUT2D eigenvalue weighted by Crippen LogP contribution is 2.23. The molecule has 0 saturated heterocycles. The lowest BCUT2D eigenvalue weighted by molar-refractivity contribution is 0.0900. The van der Waals surface area contributed by atoms with Crippen molar-refractivity contribution in [3.8, 4) is 0 Å². The first-order valence-electron chi connectivity index (χ1n) is 8.00. The first-order chi connectivity index (χ1) is 10.5. The molecule has 2 atom stereocenters. The molecule has 1 aliphatic carbocycles. The Balaban J connectivity index is 2.05. The van der Waals surface area contributed by atoms with E-state index in [-0.39, 0.29) is 30.2 Å². The summed E-state index contributed by atoms with van der Waals surface area (Å²) in [5.41, 5.74) is 0.419. The maximum atomic E-state index is 12.3. The highest BCUT2D eigenvalue weighted by atomic mass is 16.3. The maximum Gasteiger partial charge on any atom is 0.345 e. The van der Waals surface area contributed by atoms with Crippen LogP contribution >= 0.6 is 0 Å². The molecule has 0 aromatic carbocycles. The van der Waals surface area contributed by atoms with Gasteiger partial charge in [-0.25, -0.2) is 4.79 Å². The van der Waals surface area contributed by atoms with Gasteiger partial charge in [0, 0.05) is 18.3 Å². The first-order valence-corrected chi connectivity index (χ1v) is 8.00. The van der Waals surface area contributed by atoms with Gasteiger partial charge in [0.2, 0.25) is 0 Å². The maximum absolute atomic E-state index is 12.3. The van der Waals surface area contributed by atoms with Crippen LogP contribution in [0.4, 0.5) is 0 Å². The summed E-state index contributed by atoms with van der Waals surface area (Å²) in [6, 6.07) is 1.70. The Bertz CT molecular complexity index is 568. The zero-order valence-electron chi connectivity index (χ0n) is 13.3. The number of hydrogen-bond acceptors (Lipinski definition) is 4. The normalized spacial score (nSPS) is 21.8. The lowest BCUT2D eigenvalue weighted by Gasteiger charge is -2.28. The van der Waals surface area contributed by atoms with E-state index in [1.54, 1.807) is 6.07 Å². The van der Waals surface area contributed by atoms with Gasteiger partial charge in [0.15, 0.2) is 0 Å². The predicted octanol–water partition coefficient (Wildman–Crippen LogP) is 1.25. The molecule has 1 saturated carbocycles. The molecule has 122 valence electrons. The van der Waals surface area contributed by atoms with Crippen LogP contribution in [0, 0.1) is 11.8 Å². The monoisotopic (exact) mass is 307 g/mol. The highest BCUT2D eigenvalue weighted by Gasteiger charge is 2.23. The number of H-pyrrole nitrogens is 1. The van der Waals surface area contributed by atoms with Gasteiger partial charge in [-0.1, -0.05) is 20.3 Å². The van der Waals surface area contributed by atoms with Crippen molar-refractivity contribution in [2.45, 2.75) is 52.0 Å². The van der Waals surface area contributed by atoms with Crippen LogP contribution in [0.5, 0.6) is 0 Å². The molecule has 1 aromatic rings. The average Bonchev–Trinajstić information content (AvgIpc) is 2.46. The number of nitrogens with zero attached hydrogens (tertiary/aromatic N) is 1. The van der Waals surface area contributed by atoms with Crippen LogP contribution in [0.2, 0.25) is 0 Å². The second kappa shape index (κ2) is 7.54. The Morgan fingerprint density at radius 1 is 1.50 bits per heavy atom. The second-order valence-electron chi connectivity index (χ2n) is 6.58. The molecule has 22 heavy (non-hydrogen) atoms. The highest BCUT2D eigenvalue weighted by molar-refractivity contribution is 5.92. The minimum atomic E-state index is -0.486. The van der Waals surface area contributed by atoms with Crippen molar-refractivity contribution in [1.82, 2.24) is 15.3 Å². The Morgan fingerprint density at radius 3 is 2.95 bits per heavy atom. The summed E-state index contributed by atoms with van der Waals surface area (Å²) >= 11 is 0. The van der Waals surface area contributed by atoms with E-state index >= 15 is 0 Å². The minimum Gasteiger partial charge on any atom is -0.396 e. The first kappa shape index (κ1) is 16.7.